The Morgan fingerprint density at radius 1 is 1.62 bits per heavy atom. The van der Waals surface area contributed by atoms with Gasteiger partial charge in [-0.2, -0.15) is 0 Å². The fraction of sp³-hybridized carbons (Fsp3) is 1.00. The van der Waals surface area contributed by atoms with Crippen molar-refractivity contribution in [2.75, 3.05) is 13.1 Å². The van der Waals surface area contributed by atoms with Crippen molar-refractivity contribution < 1.29 is 4.39 Å². The Hall–Kier alpha value is -0.110. The zero-order valence-electron chi connectivity index (χ0n) is 5.15. The van der Waals surface area contributed by atoms with Gasteiger partial charge in [0.2, 0.25) is 0 Å². The summed E-state index contributed by atoms with van der Waals surface area (Å²) in [4.78, 5) is 0. The number of alkyl halides is 1. The molecular weight excluding hydrogens is 105 g/mol. The Balaban J connectivity index is 2.30. The van der Waals surface area contributed by atoms with Gasteiger partial charge in [-0.1, -0.05) is 6.92 Å². The van der Waals surface area contributed by atoms with Crippen LogP contribution in [0.5, 0.6) is 0 Å². The molecule has 1 saturated heterocycles. The Kier molecular flexibility index (Phi) is 1.84. The molecule has 2 atom stereocenters. The van der Waals surface area contributed by atoms with E-state index in [1.165, 1.54) is 0 Å². The summed E-state index contributed by atoms with van der Waals surface area (Å²) in [5, 5.41) is 3.00. The lowest BCUT2D eigenvalue weighted by Crippen LogP contribution is -2.10. The summed E-state index contributed by atoms with van der Waals surface area (Å²) in [7, 11) is 0. The minimum atomic E-state index is -0.583. The third-order valence-electron chi connectivity index (χ3n) is 1.78. The van der Waals surface area contributed by atoms with E-state index in [1.807, 2.05) is 6.92 Å². The molecule has 1 aliphatic rings. The Bertz CT molecular complexity index is 74.9. The van der Waals surface area contributed by atoms with Gasteiger partial charge in [-0.05, 0) is 6.42 Å². The Labute approximate surface area is 49.3 Å². The van der Waals surface area contributed by atoms with Crippen molar-refractivity contribution in [3.63, 3.8) is 0 Å². The highest BCUT2D eigenvalue weighted by Gasteiger charge is 2.24. The topological polar surface area (TPSA) is 12.0 Å². The molecule has 48 valence electrons. The summed E-state index contributed by atoms with van der Waals surface area (Å²) in [6.07, 6.45) is 0.383. The van der Waals surface area contributed by atoms with E-state index >= 15 is 0 Å². The van der Waals surface area contributed by atoms with Crippen LogP contribution in [-0.2, 0) is 0 Å². The monoisotopic (exact) mass is 117 g/mol. The number of rotatable bonds is 1. The molecule has 0 bridgehead atoms. The van der Waals surface area contributed by atoms with E-state index in [4.69, 9.17) is 0 Å². The molecule has 0 spiro atoms. The zero-order valence-corrected chi connectivity index (χ0v) is 5.15. The molecule has 1 heterocycles. The van der Waals surface area contributed by atoms with Gasteiger partial charge in [-0.3, -0.25) is 0 Å². The molecule has 0 aliphatic carbocycles. The zero-order chi connectivity index (χ0) is 5.98. The van der Waals surface area contributed by atoms with Gasteiger partial charge in [0, 0.05) is 19.0 Å². The summed E-state index contributed by atoms with van der Waals surface area (Å²) in [6, 6.07) is 0. The van der Waals surface area contributed by atoms with E-state index in [1.54, 1.807) is 0 Å². The molecule has 0 radical (unpaired) electrons. The van der Waals surface area contributed by atoms with Gasteiger partial charge in [-0.25, -0.2) is 4.39 Å². The van der Waals surface area contributed by atoms with E-state index in [0.29, 0.717) is 6.54 Å². The van der Waals surface area contributed by atoms with Gasteiger partial charge in [0.1, 0.15) is 6.17 Å². The average Bonchev–Trinajstić information content (AvgIpc) is 2.14. The van der Waals surface area contributed by atoms with Crippen LogP contribution in [0.2, 0.25) is 0 Å². The molecule has 0 aromatic rings. The highest BCUT2D eigenvalue weighted by atomic mass is 19.1. The minimum Gasteiger partial charge on any atom is -0.313 e. The van der Waals surface area contributed by atoms with E-state index in [-0.39, 0.29) is 5.92 Å². The molecule has 1 N–H and O–H groups in total. The molecule has 0 aromatic carbocycles. The molecule has 0 aromatic heterocycles. The number of hydrogen-bond acceptors (Lipinski definition) is 1. The quantitative estimate of drug-likeness (QED) is 0.539. The minimum absolute atomic E-state index is 0.287. The lowest BCUT2D eigenvalue weighted by atomic mass is 10.1. The van der Waals surface area contributed by atoms with Crippen LogP contribution < -0.4 is 5.32 Å². The van der Waals surface area contributed by atoms with Gasteiger partial charge in [0.15, 0.2) is 0 Å². The first kappa shape index (κ1) is 6.02. The number of halogens is 1. The lowest BCUT2D eigenvalue weighted by molar-refractivity contribution is 0.278. The summed E-state index contributed by atoms with van der Waals surface area (Å²) in [5.74, 6) is 0.287. The van der Waals surface area contributed by atoms with Crippen molar-refractivity contribution >= 4 is 0 Å². The van der Waals surface area contributed by atoms with Crippen LogP contribution in [0.15, 0.2) is 0 Å². The SMILES string of the molecule is CC[C@@H]1CNC[C@@H]1F. The molecule has 1 fully saturated rings. The summed E-state index contributed by atoms with van der Waals surface area (Å²) >= 11 is 0. The molecule has 0 amide bonds. The van der Waals surface area contributed by atoms with Crippen LogP contribution in [0, 0.1) is 5.92 Å². The third-order valence-corrected chi connectivity index (χ3v) is 1.78. The van der Waals surface area contributed by atoms with Gasteiger partial charge >= 0.3 is 0 Å². The molecule has 2 heteroatoms. The third kappa shape index (κ3) is 0.996. The second kappa shape index (κ2) is 2.44. The van der Waals surface area contributed by atoms with Crippen LogP contribution in [0.4, 0.5) is 4.39 Å². The first-order valence-corrected chi connectivity index (χ1v) is 3.19. The average molecular weight is 117 g/mol. The van der Waals surface area contributed by atoms with Crippen LogP contribution in [0.25, 0.3) is 0 Å². The van der Waals surface area contributed by atoms with Crippen molar-refractivity contribution in [2.45, 2.75) is 19.5 Å². The second-order valence-electron chi connectivity index (χ2n) is 2.34. The van der Waals surface area contributed by atoms with Crippen LogP contribution in [-0.4, -0.2) is 19.3 Å². The van der Waals surface area contributed by atoms with Gasteiger partial charge in [-0.15, -0.1) is 0 Å². The van der Waals surface area contributed by atoms with Crippen molar-refractivity contribution in [1.82, 2.24) is 5.32 Å². The van der Waals surface area contributed by atoms with E-state index in [0.717, 1.165) is 13.0 Å². The first-order valence-electron chi connectivity index (χ1n) is 3.19. The second-order valence-corrected chi connectivity index (χ2v) is 2.34. The van der Waals surface area contributed by atoms with E-state index in [9.17, 15) is 4.39 Å². The van der Waals surface area contributed by atoms with Crippen LogP contribution in [0.3, 0.4) is 0 Å². The van der Waals surface area contributed by atoms with Crippen molar-refractivity contribution in [1.29, 1.82) is 0 Å². The predicted molar refractivity (Wildman–Crippen MR) is 31.5 cm³/mol. The Morgan fingerprint density at radius 3 is 2.62 bits per heavy atom. The molecule has 1 nitrogen and oxygen atoms in total. The molecule has 1 rings (SSSR count). The van der Waals surface area contributed by atoms with Gasteiger partial charge in [0.25, 0.3) is 0 Å². The molecule has 1 aliphatic heterocycles. The lowest BCUT2D eigenvalue weighted by Gasteiger charge is -2.05. The highest BCUT2D eigenvalue weighted by molar-refractivity contribution is 4.79. The largest absolute Gasteiger partial charge is 0.313 e. The van der Waals surface area contributed by atoms with Crippen molar-refractivity contribution in [2.24, 2.45) is 5.92 Å². The normalized spacial score (nSPS) is 38.2. The van der Waals surface area contributed by atoms with Gasteiger partial charge < -0.3 is 5.32 Å². The fourth-order valence-electron chi connectivity index (χ4n) is 1.10. The maximum absolute atomic E-state index is 12.5. The van der Waals surface area contributed by atoms with Crippen molar-refractivity contribution in [3.05, 3.63) is 0 Å². The molecular formula is C6H12FN. The first-order chi connectivity index (χ1) is 3.84. The summed E-state index contributed by atoms with van der Waals surface area (Å²) in [6.45, 7) is 3.47. The maximum atomic E-state index is 12.5. The van der Waals surface area contributed by atoms with Gasteiger partial charge in [0.05, 0.1) is 0 Å². The summed E-state index contributed by atoms with van der Waals surface area (Å²) < 4.78 is 12.5. The number of nitrogens with one attached hydrogen (secondary N) is 1. The molecule has 0 saturated carbocycles. The van der Waals surface area contributed by atoms with E-state index in [2.05, 4.69) is 5.32 Å². The van der Waals surface area contributed by atoms with Crippen LogP contribution in [0.1, 0.15) is 13.3 Å². The predicted octanol–water partition coefficient (Wildman–Crippen LogP) is 0.954. The van der Waals surface area contributed by atoms with Crippen LogP contribution >= 0.6 is 0 Å². The number of hydrogen-bond donors (Lipinski definition) is 1. The highest BCUT2D eigenvalue weighted by Crippen LogP contribution is 2.14. The molecule has 0 unspecified atom stereocenters. The maximum Gasteiger partial charge on any atom is 0.116 e. The fourth-order valence-corrected chi connectivity index (χ4v) is 1.10. The Morgan fingerprint density at radius 2 is 2.38 bits per heavy atom. The van der Waals surface area contributed by atoms with E-state index < -0.39 is 6.17 Å². The molecule has 8 heavy (non-hydrogen) atoms. The standard InChI is InChI=1S/C6H12FN/c1-2-5-3-8-4-6(5)7/h5-6,8H,2-4H2,1H3/t5-,6+/m1/s1. The smallest absolute Gasteiger partial charge is 0.116 e. The summed E-state index contributed by atoms with van der Waals surface area (Å²) in [5.41, 5.74) is 0. The van der Waals surface area contributed by atoms with Crippen molar-refractivity contribution in [3.8, 4) is 0 Å².